The Morgan fingerprint density at radius 3 is 2.59 bits per heavy atom. The molecule has 4 atom stereocenters. The van der Waals surface area contributed by atoms with Gasteiger partial charge in [0.25, 0.3) is 0 Å². The third-order valence-corrected chi connectivity index (χ3v) is 2.47. The number of carbonyl (C=O) groups excluding carboxylic acids is 1. The molecule has 1 rings (SSSR count). The Morgan fingerprint density at radius 2 is 2.06 bits per heavy atom. The molecule has 17 heavy (non-hydrogen) atoms. The van der Waals surface area contributed by atoms with Crippen molar-refractivity contribution in [2.45, 2.75) is 38.3 Å². The molecule has 1 saturated heterocycles. The van der Waals surface area contributed by atoms with Crippen molar-refractivity contribution in [2.24, 2.45) is 0 Å². The number of hydrogen-bond donors (Lipinski definition) is 2. The van der Waals surface area contributed by atoms with Gasteiger partial charge in [-0.1, -0.05) is 18.2 Å². The fourth-order valence-corrected chi connectivity index (χ4v) is 1.54. The molecule has 5 nitrogen and oxygen atoms in total. The summed E-state index contributed by atoms with van der Waals surface area (Å²) in [4.78, 5) is 10.9. The molecule has 1 unspecified atom stereocenters. The predicted molar refractivity (Wildman–Crippen MR) is 61.3 cm³/mol. The lowest BCUT2D eigenvalue weighted by atomic mass is 10.1. The molecular formula is C12H18O5. The van der Waals surface area contributed by atoms with E-state index in [4.69, 9.17) is 4.74 Å². The van der Waals surface area contributed by atoms with Gasteiger partial charge in [-0.2, -0.15) is 0 Å². The van der Waals surface area contributed by atoms with Gasteiger partial charge >= 0.3 is 5.97 Å². The van der Waals surface area contributed by atoms with Gasteiger partial charge in [-0.15, -0.1) is 0 Å². The average Bonchev–Trinajstić information content (AvgIpc) is 2.53. The van der Waals surface area contributed by atoms with E-state index in [1.54, 1.807) is 26.0 Å². The molecule has 1 heterocycles. The molecule has 1 fully saturated rings. The first-order valence-corrected chi connectivity index (χ1v) is 5.59. The number of hydrogen-bond acceptors (Lipinski definition) is 5. The molecule has 0 aromatic rings. The van der Waals surface area contributed by atoms with Gasteiger partial charge in [0.05, 0.1) is 12.7 Å². The van der Waals surface area contributed by atoms with E-state index >= 15 is 0 Å². The fourth-order valence-electron chi connectivity index (χ4n) is 1.54. The van der Waals surface area contributed by atoms with E-state index in [9.17, 15) is 15.0 Å². The number of ether oxygens (including phenoxy) is 2. The molecule has 0 aliphatic carbocycles. The van der Waals surface area contributed by atoms with Crippen molar-refractivity contribution in [2.75, 3.05) is 6.61 Å². The average molecular weight is 242 g/mol. The number of carbonyl (C=O) groups is 1. The molecule has 0 radical (unpaired) electrons. The van der Waals surface area contributed by atoms with Gasteiger partial charge < -0.3 is 19.7 Å². The fraction of sp³-hybridized carbons (Fsp3) is 0.583. The van der Waals surface area contributed by atoms with Crippen molar-refractivity contribution in [3.05, 3.63) is 24.3 Å². The Balaban J connectivity index is 2.42. The first-order valence-electron chi connectivity index (χ1n) is 5.59. The van der Waals surface area contributed by atoms with Crippen molar-refractivity contribution in [3.63, 3.8) is 0 Å². The minimum Gasteiger partial charge on any atom is -0.463 e. The quantitative estimate of drug-likeness (QED) is 0.417. The number of rotatable bonds is 4. The molecule has 0 bridgehead atoms. The lowest BCUT2D eigenvalue weighted by molar-refractivity contribution is -0.137. The van der Waals surface area contributed by atoms with Crippen LogP contribution in [0.25, 0.3) is 0 Å². The standard InChI is InChI=1S/C12H18O5/c1-3-16-10(13)7-5-4-6-9-12(15)11(14)8(2)17-9/h4-9,11-12,14-15H,3H2,1-2H3/b6-4+,7-5+/t8-,9+,11?,12-/m0/s1. The minimum atomic E-state index is -0.933. The van der Waals surface area contributed by atoms with E-state index in [1.807, 2.05) is 0 Å². The zero-order chi connectivity index (χ0) is 12.8. The SMILES string of the molecule is CCOC(=O)/C=C/C=C/[C@H]1O[C@@H](C)C(O)[C@H]1O. The van der Waals surface area contributed by atoms with E-state index in [-0.39, 0.29) is 0 Å². The maximum absolute atomic E-state index is 10.9. The highest BCUT2D eigenvalue weighted by molar-refractivity contribution is 5.82. The Hall–Kier alpha value is -1.17. The molecule has 0 aromatic carbocycles. The summed E-state index contributed by atoms with van der Waals surface area (Å²) < 4.78 is 9.99. The van der Waals surface area contributed by atoms with Gasteiger partial charge in [-0.25, -0.2) is 4.79 Å². The second kappa shape index (κ2) is 6.54. The number of aliphatic hydroxyl groups excluding tert-OH is 2. The Kier molecular flexibility index (Phi) is 5.34. The van der Waals surface area contributed by atoms with Gasteiger partial charge in [0, 0.05) is 6.08 Å². The van der Waals surface area contributed by atoms with Crippen molar-refractivity contribution in [1.29, 1.82) is 0 Å². The van der Waals surface area contributed by atoms with E-state index in [0.717, 1.165) is 0 Å². The molecule has 5 heteroatoms. The topological polar surface area (TPSA) is 76.0 Å². The molecule has 0 spiro atoms. The first-order chi connectivity index (χ1) is 8.06. The van der Waals surface area contributed by atoms with Crippen LogP contribution in [-0.4, -0.2) is 47.2 Å². The third-order valence-electron chi connectivity index (χ3n) is 2.47. The van der Waals surface area contributed by atoms with Crippen LogP contribution in [0.1, 0.15) is 13.8 Å². The van der Waals surface area contributed by atoms with Gasteiger partial charge in [0.1, 0.15) is 18.3 Å². The zero-order valence-electron chi connectivity index (χ0n) is 9.95. The molecule has 1 aliphatic rings. The van der Waals surface area contributed by atoms with Crippen LogP contribution in [0, 0.1) is 0 Å². The second-order valence-electron chi connectivity index (χ2n) is 3.78. The normalized spacial score (nSPS) is 33.6. The molecule has 0 saturated carbocycles. The summed E-state index contributed by atoms with van der Waals surface area (Å²) >= 11 is 0. The van der Waals surface area contributed by atoms with Crippen molar-refractivity contribution in [3.8, 4) is 0 Å². The van der Waals surface area contributed by atoms with Crippen LogP contribution in [0.5, 0.6) is 0 Å². The summed E-state index contributed by atoms with van der Waals surface area (Å²) in [5.41, 5.74) is 0. The van der Waals surface area contributed by atoms with Crippen LogP contribution < -0.4 is 0 Å². The third kappa shape index (κ3) is 3.96. The highest BCUT2D eigenvalue weighted by atomic mass is 16.5. The van der Waals surface area contributed by atoms with Gasteiger partial charge in [0.15, 0.2) is 0 Å². The molecular weight excluding hydrogens is 224 g/mol. The van der Waals surface area contributed by atoms with Gasteiger partial charge in [-0.05, 0) is 13.8 Å². The van der Waals surface area contributed by atoms with Crippen LogP contribution in [-0.2, 0) is 14.3 Å². The Bertz CT molecular complexity index is 310. The highest BCUT2D eigenvalue weighted by Gasteiger charge is 2.38. The lowest BCUT2D eigenvalue weighted by Gasteiger charge is -2.09. The maximum atomic E-state index is 10.9. The summed E-state index contributed by atoms with van der Waals surface area (Å²) in [6.45, 7) is 3.75. The van der Waals surface area contributed by atoms with E-state index in [0.29, 0.717) is 6.61 Å². The van der Waals surface area contributed by atoms with E-state index in [1.165, 1.54) is 12.2 Å². The number of aliphatic hydroxyl groups is 2. The highest BCUT2D eigenvalue weighted by Crippen LogP contribution is 2.21. The summed E-state index contributed by atoms with van der Waals surface area (Å²) in [5, 5.41) is 19.0. The largest absolute Gasteiger partial charge is 0.463 e. The zero-order valence-corrected chi connectivity index (χ0v) is 9.95. The van der Waals surface area contributed by atoms with Crippen LogP contribution >= 0.6 is 0 Å². The van der Waals surface area contributed by atoms with Crippen LogP contribution in [0.3, 0.4) is 0 Å². The molecule has 2 N–H and O–H groups in total. The number of esters is 1. The van der Waals surface area contributed by atoms with Crippen molar-refractivity contribution < 1.29 is 24.5 Å². The molecule has 0 amide bonds. The molecule has 96 valence electrons. The van der Waals surface area contributed by atoms with Crippen LogP contribution in [0.4, 0.5) is 0 Å². The molecule has 1 aliphatic heterocycles. The minimum absolute atomic E-state index is 0.334. The predicted octanol–water partition coefficient (Wildman–Crippen LogP) is 0.171. The van der Waals surface area contributed by atoms with Crippen molar-refractivity contribution in [1.82, 2.24) is 0 Å². The second-order valence-corrected chi connectivity index (χ2v) is 3.78. The lowest BCUT2D eigenvalue weighted by Crippen LogP contribution is -2.30. The van der Waals surface area contributed by atoms with Crippen LogP contribution in [0.2, 0.25) is 0 Å². The monoisotopic (exact) mass is 242 g/mol. The Labute approximate surface area is 100 Å². The summed E-state index contributed by atoms with van der Waals surface area (Å²) in [6, 6.07) is 0. The number of allylic oxidation sites excluding steroid dienone is 2. The van der Waals surface area contributed by atoms with E-state index in [2.05, 4.69) is 4.74 Å². The van der Waals surface area contributed by atoms with Gasteiger partial charge in [0.2, 0.25) is 0 Å². The Morgan fingerprint density at radius 1 is 1.35 bits per heavy atom. The van der Waals surface area contributed by atoms with Gasteiger partial charge in [-0.3, -0.25) is 0 Å². The summed E-state index contributed by atoms with van der Waals surface area (Å²) in [5.74, 6) is -0.418. The van der Waals surface area contributed by atoms with Crippen LogP contribution in [0.15, 0.2) is 24.3 Å². The first kappa shape index (κ1) is 13.9. The van der Waals surface area contributed by atoms with E-state index < -0.39 is 30.4 Å². The molecule has 0 aromatic heterocycles. The smallest absolute Gasteiger partial charge is 0.330 e. The summed E-state index contributed by atoms with van der Waals surface area (Å²) in [7, 11) is 0. The maximum Gasteiger partial charge on any atom is 0.330 e. The van der Waals surface area contributed by atoms with Crippen molar-refractivity contribution >= 4 is 5.97 Å². The summed E-state index contributed by atoms with van der Waals surface area (Å²) in [6.07, 6.45) is 3.20.